The lowest BCUT2D eigenvalue weighted by Gasteiger charge is -1.98. The summed E-state index contributed by atoms with van der Waals surface area (Å²) in [5.74, 6) is -0.382. The van der Waals surface area contributed by atoms with Gasteiger partial charge in [-0.2, -0.15) is 0 Å². The molecule has 0 aliphatic heterocycles. The molecule has 0 aliphatic rings. The number of nitrogens with zero attached hydrogens (tertiary/aromatic N) is 1. The number of aryl methyl sites for hydroxylation is 1. The number of methoxy groups -OCH3 is 1. The van der Waals surface area contributed by atoms with Crippen LogP contribution in [0.5, 0.6) is 0 Å². The summed E-state index contributed by atoms with van der Waals surface area (Å²) in [5.41, 5.74) is 7.90. The van der Waals surface area contributed by atoms with Crippen LogP contribution in [0.3, 0.4) is 0 Å². The summed E-state index contributed by atoms with van der Waals surface area (Å²) in [4.78, 5) is 16.6. The minimum Gasteiger partial charge on any atom is -0.464 e. The van der Waals surface area contributed by atoms with Crippen LogP contribution in [-0.2, 0) is 11.2 Å². The van der Waals surface area contributed by atoms with E-state index in [0.717, 1.165) is 21.1 Å². The molecule has 2 N–H and O–H groups in total. The zero-order valence-electron chi connectivity index (χ0n) is 10.3. The largest absolute Gasteiger partial charge is 0.464 e. The highest BCUT2D eigenvalue weighted by Crippen LogP contribution is 2.21. The van der Waals surface area contributed by atoms with Crippen LogP contribution >= 0.6 is 11.3 Å². The zero-order valence-corrected chi connectivity index (χ0v) is 11.1. The summed E-state index contributed by atoms with van der Waals surface area (Å²) in [7, 11) is 1.36. The molecule has 0 bridgehead atoms. The second kappa shape index (κ2) is 5.18. The summed E-state index contributed by atoms with van der Waals surface area (Å²) in [6.45, 7) is 1.87. The number of benzene rings is 1. The Balaban J connectivity index is 2.20. The average molecular weight is 262 g/mol. The maximum Gasteiger partial charge on any atom is 0.357 e. The molecule has 0 amide bonds. The van der Waals surface area contributed by atoms with Crippen LogP contribution in [0.25, 0.3) is 0 Å². The van der Waals surface area contributed by atoms with Crippen LogP contribution in [0.15, 0.2) is 24.3 Å². The number of hydrogen-bond donors (Lipinski definition) is 1. The number of carbonyl (C=O) groups excluding carboxylic acids is 1. The number of thiazole rings is 1. The molecule has 0 saturated carbocycles. The van der Waals surface area contributed by atoms with Crippen LogP contribution in [0.2, 0.25) is 0 Å². The number of anilines is 1. The molecule has 1 aromatic carbocycles. The van der Waals surface area contributed by atoms with E-state index in [1.54, 1.807) is 0 Å². The molecule has 1 aromatic heterocycles. The first-order chi connectivity index (χ1) is 8.60. The van der Waals surface area contributed by atoms with Gasteiger partial charge in [0.05, 0.1) is 12.1 Å². The maximum absolute atomic E-state index is 11.5. The molecule has 1 heterocycles. The van der Waals surface area contributed by atoms with Crippen molar-refractivity contribution in [3.05, 3.63) is 45.4 Å². The summed E-state index contributed by atoms with van der Waals surface area (Å²) < 4.78 is 4.69. The van der Waals surface area contributed by atoms with Gasteiger partial charge in [0.2, 0.25) is 0 Å². The van der Waals surface area contributed by atoms with Gasteiger partial charge in [-0.15, -0.1) is 11.3 Å². The lowest BCUT2D eigenvalue weighted by Crippen LogP contribution is -2.03. The van der Waals surface area contributed by atoms with Crippen molar-refractivity contribution in [2.75, 3.05) is 12.8 Å². The number of ether oxygens (including phenoxy) is 1. The number of esters is 1. The number of hydrogen-bond acceptors (Lipinski definition) is 5. The Morgan fingerprint density at radius 3 is 2.67 bits per heavy atom. The van der Waals surface area contributed by atoms with Crippen molar-refractivity contribution in [3.63, 3.8) is 0 Å². The molecule has 18 heavy (non-hydrogen) atoms. The summed E-state index contributed by atoms with van der Waals surface area (Å²) >= 11 is 1.51. The second-order valence-corrected chi connectivity index (χ2v) is 5.21. The predicted molar refractivity (Wildman–Crippen MR) is 71.9 cm³/mol. The Hall–Kier alpha value is -1.88. The van der Waals surface area contributed by atoms with E-state index in [1.165, 1.54) is 18.4 Å². The molecule has 4 nitrogen and oxygen atoms in total. The van der Waals surface area contributed by atoms with Crippen LogP contribution in [0, 0.1) is 6.92 Å². The van der Waals surface area contributed by atoms with Crippen LogP contribution in [0.1, 0.15) is 25.9 Å². The highest BCUT2D eigenvalue weighted by Gasteiger charge is 2.15. The van der Waals surface area contributed by atoms with Gasteiger partial charge in [0, 0.05) is 17.0 Å². The van der Waals surface area contributed by atoms with E-state index in [2.05, 4.69) is 9.72 Å². The van der Waals surface area contributed by atoms with Gasteiger partial charge in [-0.25, -0.2) is 9.78 Å². The fraction of sp³-hybridized carbons (Fsp3) is 0.231. The topological polar surface area (TPSA) is 65.2 Å². The maximum atomic E-state index is 11.5. The van der Waals surface area contributed by atoms with Crippen LogP contribution in [-0.4, -0.2) is 18.1 Å². The fourth-order valence-electron chi connectivity index (χ4n) is 1.62. The molecule has 5 heteroatoms. The molecule has 0 saturated heterocycles. The smallest absolute Gasteiger partial charge is 0.357 e. The molecule has 0 radical (unpaired) electrons. The third kappa shape index (κ3) is 2.68. The minimum absolute atomic E-state index is 0.382. The highest BCUT2D eigenvalue weighted by molar-refractivity contribution is 7.11. The number of nitrogen functional groups attached to an aromatic ring is 1. The molecular formula is C13H14N2O2S. The normalized spacial score (nSPS) is 10.3. The van der Waals surface area contributed by atoms with Gasteiger partial charge in [0.1, 0.15) is 0 Å². The summed E-state index contributed by atoms with van der Waals surface area (Å²) in [6.07, 6.45) is 0.697. The monoisotopic (exact) mass is 262 g/mol. The summed E-state index contributed by atoms with van der Waals surface area (Å²) in [5, 5.41) is 0.901. The average Bonchev–Trinajstić information content (AvgIpc) is 2.72. The molecule has 0 spiro atoms. The highest BCUT2D eigenvalue weighted by atomic mass is 32.1. The van der Waals surface area contributed by atoms with E-state index >= 15 is 0 Å². The van der Waals surface area contributed by atoms with Gasteiger partial charge in [-0.1, -0.05) is 12.1 Å². The van der Waals surface area contributed by atoms with Crippen molar-refractivity contribution in [1.82, 2.24) is 4.98 Å². The van der Waals surface area contributed by atoms with Crippen molar-refractivity contribution in [2.45, 2.75) is 13.3 Å². The SMILES string of the molecule is COC(=O)c1nc(Cc2ccc(N)cc2)sc1C. The molecule has 0 unspecified atom stereocenters. The first-order valence-corrected chi connectivity index (χ1v) is 6.31. The van der Waals surface area contributed by atoms with Gasteiger partial charge in [-0.05, 0) is 24.6 Å². The lowest BCUT2D eigenvalue weighted by molar-refractivity contribution is 0.0594. The van der Waals surface area contributed by atoms with E-state index in [9.17, 15) is 4.79 Å². The van der Waals surface area contributed by atoms with Gasteiger partial charge in [-0.3, -0.25) is 0 Å². The Morgan fingerprint density at radius 1 is 1.39 bits per heavy atom. The van der Waals surface area contributed by atoms with Crippen molar-refractivity contribution >= 4 is 23.0 Å². The van der Waals surface area contributed by atoms with Gasteiger partial charge in [0.25, 0.3) is 0 Å². The van der Waals surface area contributed by atoms with Gasteiger partial charge >= 0.3 is 5.97 Å². The van der Waals surface area contributed by atoms with Gasteiger partial charge < -0.3 is 10.5 Å². The standard InChI is InChI=1S/C13H14N2O2S/c1-8-12(13(16)17-2)15-11(18-8)7-9-3-5-10(14)6-4-9/h3-6H,7,14H2,1-2H3. The zero-order chi connectivity index (χ0) is 13.1. The van der Waals surface area contributed by atoms with Crippen molar-refractivity contribution in [1.29, 1.82) is 0 Å². The van der Waals surface area contributed by atoms with Crippen LogP contribution in [0.4, 0.5) is 5.69 Å². The first kappa shape index (κ1) is 12.6. The van der Waals surface area contributed by atoms with Crippen LogP contribution < -0.4 is 5.73 Å². The lowest BCUT2D eigenvalue weighted by atomic mass is 10.1. The van der Waals surface area contributed by atoms with E-state index in [-0.39, 0.29) is 5.97 Å². The Labute approximate surface area is 109 Å². The van der Waals surface area contributed by atoms with E-state index in [0.29, 0.717) is 12.1 Å². The number of aromatic nitrogens is 1. The molecule has 0 fully saturated rings. The van der Waals surface area contributed by atoms with Crippen molar-refractivity contribution < 1.29 is 9.53 Å². The van der Waals surface area contributed by atoms with Gasteiger partial charge in [0.15, 0.2) is 5.69 Å². The Kier molecular flexibility index (Phi) is 3.62. The number of rotatable bonds is 3. The summed E-state index contributed by atoms with van der Waals surface area (Å²) in [6, 6.07) is 7.64. The Morgan fingerprint density at radius 2 is 2.06 bits per heavy atom. The Bertz CT molecular complexity index is 561. The second-order valence-electron chi connectivity index (χ2n) is 3.92. The predicted octanol–water partition coefficient (Wildman–Crippen LogP) is 2.41. The fourth-order valence-corrected chi connectivity index (χ4v) is 2.58. The van der Waals surface area contributed by atoms with Crippen molar-refractivity contribution in [2.24, 2.45) is 0 Å². The third-order valence-corrected chi connectivity index (χ3v) is 3.53. The molecule has 2 rings (SSSR count). The molecule has 94 valence electrons. The molecule has 0 aliphatic carbocycles. The first-order valence-electron chi connectivity index (χ1n) is 5.49. The quantitative estimate of drug-likeness (QED) is 0.681. The number of nitrogens with two attached hydrogens (primary N) is 1. The van der Waals surface area contributed by atoms with E-state index in [4.69, 9.17) is 5.73 Å². The van der Waals surface area contributed by atoms with E-state index < -0.39 is 0 Å². The third-order valence-electron chi connectivity index (χ3n) is 2.55. The number of carbonyl (C=O) groups is 1. The van der Waals surface area contributed by atoms with Crippen molar-refractivity contribution in [3.8, 4) is 0 Å². The molecule has 2 aromatic rings. The molecule has 0 atom stereocenters. The minimum atomic E-state index is -0.382. The molecular weight excluding hydrogens is 248 g/mol. The van der Waals surface area contributed by atoms with E-state index in [1.807, 2.05) is 31.2 Å².